The molecule has 5 nitrogen and oxygen atoms in total. The fourth-order valence-corrected chi connectivity index (χ4v) is 2.77. The summed E-state index contributed by atoms with van der Waals surface area (Å²) in [6.07, 6.45) is 0. The zero-order valence-corrected chi connectivity index (χ0v) is 10.5. The lowest BCUT2D eigenvalue weighted by Crippen LogP contribution is -2.19. The van der Waals surface area contributed by atoms with Gasteiger partial charge in [0.1, 0.15) is 0 Å². The molecule has 0 radical (unpaired) electrons. The molecule has 2 N–H and O–H groups in total. The Bertz CT molecular complexity index is 583. The molecule has 0 fully saturated rings. The lowest BCUT2D eigenvalue weighted by molar-refractivity contribution is 0.0879. The van der Waals surface area contributed by atoms with E-state index < -0.39 is 0 Å². The highest BCUT2D eigenvalue weighted by Gasteiger charge is 2.27. The molecule has 2 aliphatic heterocycles. The number of carbonyl (C=O) groups is 2. The van der Waals surface area contributed by atoms with Crippen molar-refractivity contribution < 1.29 is 9.59 Å². The smallest absolute Gasteiger partial charge is 0.259 e. The zero-order valence-electron chi connectivity index (χ0n) is 9.69. The SMILES string of the molecule is CC1CN=C(Nc2ccc3c(c2)C(=O)NC3=O)S1. The molecule has 1 aromatic rings. The van der Waals surface area contributed by atoms with Gasteiger partial charge in [-0.3, -0.25) is 19.9 Å². The van der Waals surface area contributed by atoms with Crippen LogP contribution >= 0.6 is 11.8 Å². The van der Waals surface area contributed by atoms with Gasteiger partial charge < -0.3 is 5.32 Å². The summed E-state index contributed by atoms with van der Waals surface area (Å²) in [6, 6.07) is 5.12. The number of nitrogens with one attached hydrogen (secondary N) is 2. The van der Waals surface area contributed by atoms with Gasteiger partial charge in [0.2, 0.25) is 0 Å². The Morgan fingerprint density at radius 1 is 1.33 bits per heavy atom. The zero-order chi connectivity index (χ0) is 12.7. The van der Waals surface area contributed by atoms with Crippen molar-refractivity contribution in [3.63, 3.8) is 0 Å². The minimum absolute atomic E-state index is 0.331. The fraction of sp³-hybridized carbons (Fsp3) is 0.250. The van der Waals surface area contributed by atoms with Crippen molar-refractivity contribution in [2.75, 3.05) is 11.9 Å². The number of benzene rings is 1. The number of amidine groups is 1. The monoisotopic (exact) mass is 261 g/mol. The Morgan fingerprint density at radius 2 is 2.11 bits per heavy atom. The second kappa shape index (κ2) is 4.13. The summed E-state index contributed by atoms with van der Waals surface area (Å²) in [5.41, 5.74) is 1.63. The van der Waals surface area contributed by atoms with Crippen molar-refractivity contribution in [1.82, 2.24) is 5.32 Å². The normalized spacial score (nSPS) is 21.6. The number of aliphatic imine (C=N–C) groups is 1. The molecule has 6 heteroatoms. The standard InChI is InChI=1S/C12H11N3O2S/c1-6-5-13-12(18-6)14-7-2-3-8-9(4-7)11(17)15-10(8)16/h2-4,6H,5H2,1H3,(H,13,14)(H,15,16,17). The molecule has 0 bridgehead atoms. The highest BCUT2D eigenvalue weighted by Crippen LogP contribution is 2.24. The Kier molecular flexibility index (Phi) is 2.59. The third-order valence-electron chi connectivity index (χ3n) is 2.79. The van der Waals surface area contributed by atoms with Crippen LogP contribution in [0.3, 0.4) is 0 Å². The molecule has 0 aliphatic carbocycles. The lowest BCUT2D eigenvalue weighted by Gasteiger charge is -2.06. The van der Waals surface area contributed by atoms with Gasteiger partial charge in [-0.15, -0.1) is 0 Å². The predicted octanol–water partition coefficient (Wildman–Crippen LogP) is 1.47. The topological polar surface area (TPSA) is 70.6 Å². The summed E-state index contributed by atoms with van der Waals surface area (Å²) in [4.78, 5) is 27.3. The van der Waals surface area contributed by atoms with E-state index in [0.29, 0.717) is 16.4 Å². The van der Waals surface area contributed by atoms with Crippen LogP contribution in [0.1, 0.15) is 27.6 Å². The Balaban J connectivity index is 1.85. The van der Waals surface area contributed by atoms with Crippen molar-refractivity contribution >= 4 is 34.4 Å². The van der Waals surface area contributed by atoms with Crippen LogP contribution in [0.2, 0.25) is 0 Å². The average Bonchev–Trinajstić information content (AvgIpc) is 2.85. The highest BCUT2D eigenvalue weighted by molar-refractivity contribution is 8.15. The largest absolute Gasteiger partial charge is 0.335 e. The molecule has 1 atom stereocenters. The molecule has 2 aliphatic rings. The summed E-state index contributed by atoms with van der Waals surface area (Å²) in [6.45, 7) is 2.91. The Hall–Kier alpha value is -1.82. The molecular weight excluding hydrogens is 250 g/mol. The van der Waals surface area contributed by atoms with Crippen LogP contribution in [0, 0.1) is 0 Å². The number of hydrogen-bond donors (Lipinski definition) is 2. The first-order valence-corrected chi connectivity index (χ1v) is 6.49. The second-order valence-corrected chi connectivity index (χ2v) is 5.67. The number of amides is 2. The third-order valence-corrected chi connectivity index (χ3v) is 3.80. The van der Waals surface area contributed by atoms with Crippen LogP contribution in [-0.2, 0) is 0 Å². The third kappa shape index (κ3) is 1.88. The van der Waals surface area contributed by atoms with E-state index in [0.717, 1.165) is 17.4 Å². The first-order chi connectivity index (χ1) is 8.63. The van der Waals surface area contributed by atoms with E-state index in [2.05, 4.69) is 22.5 Å². The predicted molar refractivity (Wildman–Crippen MR) is 71.2 cm³/mol. The molecule has 3 rings (SSSR count). The fourth-order valence-electron chi connectivity index (χ4n) is 1.91. The van der Waals surface area contributed by atoms with Crippen LogP contribution in [0.4, 0.5) is 5.69 Å². The van der Waals surface area contributed by atoms with Gasteiger partial charge in [0.05, 0.1) is 17.7 Å². The number of thioether (sulfide) groups is 1. The quantitative estimate of drug-likeness (QED) is 0.751. The van der Waals surface area contributed by atoms with Crippen LogP contribution in [-0.4, -0.2) is 28.8 Å². The Morgan fingerprint density at radius 3 is 2.83 bits per heavy atom. The average molecular weight is 261 g/mol. The van der Waals surface area contributed by atoms with Crippen LogP contribution in [0.5, 0.6) is 0 Å². The molecule has 2 heterocycles. The minimum atomic E-state index is -0.340. The number of nitrogens with zero attached hydrogens (tertiary/aromatic N) is 1. The van der Waals surface area contributed by atoms with Crippen LogP contribution in [0.15, 0.2) is 23.2 Å². The number of fused-ring (bicyclic) bond motifs is 1. The molecule has 0 spiro atoms. The first-order valence-electron chi connectivity index (χ1n) is 5.61. The van der Waals surface area contributed by atoms with E-state index in [1.165, 1.54) is 0 Å². The van der Waals surface area contributed by atoms with E-state index in [1.807, 2.05) is 0 Å². The van der Waals surface area contributed by atoms with Crippen molar-refractivity contribution in [3.8, 4) is 0 Å². The van der Waals surface area contributed by atoms with E-state index in [1.54, 1.807) is 30.0 Å². The number of hydrogen-bond acceptors (Lipinski definition) is 5. The molecule has 0 aromatic heterocycles. The number of carbonyl (C=O) groups excluding carboxylic acids is 2. The highest BCUT2D eigenvalue weighted by atomic mass is 32.2. The lowest BCUT2D eigenvalue weighted by atomic mass is 10.1. The van der Waals surface area contributed by atoms with Gasteiger partial charge in [0.15, 0.2) is 5.17 Å². The van der Waals surface area contributed by atoms with Gasteiger partial charge in [-0.1, -0.05) is 18.7 Å². The van der Waals surface area contributed by atoms with E-state index in [9.17, 15) is 9.59 Å². The van der Waals surface area contributed by atoms with Gasteiger partial charge in [-0.2, -0.15) is 0 Å². The Labute approximate surface area is 108 Å². The second-order valence-electron chi connectivity index (χ2n) is 4.24. The molecule has 2 amide bonds. The summed E-state index contributed by atoms with van der Waals surface area (Å²) in [7, 11) is 0. The van der Waals surface area contributed by atoms with Gasteiger partial charge in [0.25, 0.3) is 11.8 Å². The van der Waals surface area contributed by atoms with Crippen LogP contribution in [0.25, 0.3) is 0 Å². The van der Waals surface area contributed by atoms with Gasteiger partial charge in [0, 0.05) is 10.9 Å². The van der Waals surface area contributed by atoms with Crippen molar-refractivity contribution in [1.29, 1.82) is 0 Å². The van der Waals surface area contributed by atoms with Gasteiger partial charge >= 0.3 is 0 Å². The number of imide groups is 1. The van der Waals surface area contributed by atoms with Gasteiger partial charge in [-0.05, 0) is 18.2 Å². The minimum Gasteiger partial charge on any atom is -0.335 e. The molecule has 1 aromatic carbocycles. The maximum absolute atomic E-state index is 11.5. The molecule has 18 heavy (non-hydrogen) atoms. The maximum atomic E-state index is 11.5. The molecule has 92 valence electrons. The first kappa shape index (κ1) is 11.3. The van der Waals surface area contributed by atoms with E-state index >= 15 is 0 Å². The summed E-state index contributed by atoms with van der Waals surface area (Å²) < 4.78 is 0. The molecule has 0 saturated carbocycles. The summed E-state index contributed by atoms with van der Waals surface area (Å²) in [5, 5.41) is 6.76. The molecular formula is C12H11N3O2S. The molecule has 0 saturated heterocycles. The van der Waals surface area contributed by atoms with Crippen LogP contribution < -0.4 is 10.6 Å². The van der Waals surface area contributed by atoms with Gasteiger partial charge in [-0.25, -0.2) is 0 Å². The summed E-state index contributed by atoms with van der Waals surface area (Å²) >= 11 is 1.67. The molecule has 1 unspecified atom stereocenters. The maximum Gasteiger partial charge on any atom is 0.259 e. The van der Waals surface area contributed by atoms with Crippen molar-refractivity contribution in [2.24, 2.45) is 4.99 Å². The van der Waals surface area contributed by atoms with Crippen molar-refractivity contribution in [3.05, 3.63) is 29.3 Å². The van der Waals surface area contributed by atoms with E-state index in [4.69, 9.17) is 0 Å². The van der Waals surface area contributed by atoms with E-state index in [-0.39, 0.29) is 11.8 Å². The van der Waals surface area contributed by atoms with Crippen molar-refractivity contribution in [2.45, 2.75) is 12.2 Å². The number of rotatable bonds is 1. The number of anilines is 1. The summed E-state index contributed by atoms with van der Waals surface area (Å²) in [5.74, 6) is -0.671.